The first kappa shape index (κ1) is 15.6. The van der Waals surface area contributed by atoms with Crippen molar-refractivity contribution in [1.29, 1.82) is 0 Å². The molecular weight excluding hydrogens is 271 g/mol. The lowest BCUT2D eigenvalue weighted by Crippen LogP contribution is -2.18. The molecule has 2 aromatic rings. The number of halogens is 2. The van der Waals surface area contributed by atoms with Gasteiger partial charge in [0.15, 0.2) is 5.82 Å². The Morgan fingerprint density at radius 3 is 2.79 bits per heavy atom. The summed E-state index contributed by atoms with van der Waals surface area (Å²) in [6.45, 7) is 1.38. The molecule has 0 aliphatic carbocycles. The molecule has 1 heterocycles. The highest BCUT2D eigenvalue weighted by atomic mass is 35.5. The molecule has 0 unspecified atom stereocenters. The normalized spacial score (nSPS) is 10.5. The lowest BCUT2D eigenvalue weighted by atomic mass is 10.2. The Bertz CT molecular complexity index is 520. The number of aromatic nitrogens is 2. The lowest BCUT2D eigenvalue weighted by Gasteiger charge is -2.14. The van der Waals surface area contributed by atoms with Gasteiger partial charge in [-0.15, -0.1) is 12.4 Å². The summed E-state index contributed by atoms with van der Waals surface area (Å²) in [5.74, 6) is 0.768. The summed E-state index contributed by atoms with van der Waals surface area (Å²) in [7, 11) is 1.91. The lowest BCUT2D eigenvalue weighted by molar-refractivity contribution is 0.299. The van der Waals surface area contributed by atoms with E-state index in [1.54, 1.807) is 6.07 Å². The summed E-state index contributed by atoms with van der Waals surface area (Å²) >= 11 is 0. The van der Waals surface area contributed by atoms with Crippen LogP contribution in [0.15, 0.2) is 28.8 Å². The summed E-state index contributed by atoms with van der Waals surface area (Å²) in [6.07, 6.45) is 0. The van der Waals surface area contributed by atoms with Crippen molar-refractivity contribution < 1.29 is 8.91 Å². The Morgan fingerprint density at radius 2 is 2.16 bits per heavy atom. The molecule has 0 saturated carbocycles. The molecule has 7 heteroatoms. The molecular formula is C12H16ClFN4O. The minimum atomic E-state index is -0.231. The largest absolute Gasteiger partial charge is 0.338 e. The van der Waals surface area contributed by atoms with Crippen molar-refractivity contribution in [2.75, 3.05) is 7.05 Å². The van der Waals surface area contributed by atoms with Crippen molar-refractivity contribution in [2.45, 2.75) is 19.6 Å². The Balaban J connectivity index is 0.00000180. The van der Waals surface area contributed by atoms with Gasteiger partial charge in [-0.05, 0) is 24.7 Å². The third-order valence-electron chi connectivity index (χ3n) is 2.44. The van der Waals surface area contributed by atoms with Crippen LogP contribution in [0.2, 0.25) is 0 Å². The molecule has 0 fully saturated rings. The van der Waals surface area contributed by atoms with Gasteiger partial charge in [-0.25, -0.2) is 4.39 Å². The van der Waals surface area contributed by atoms with Crippen molar-refractivity contribution in [3.05, 3.63) is 47.4 Å². The van der Waals surface area contributed by atoms with E-state index in [2.05, 4.69) is 10.1 Å². The topological polar surface area (TPSA) is 68.2 Å². The van der Waals surface area contributed by atoms with E-state index in [0.29, 0.717) is 24.8 Å². The molecule has 0 radical (unpaired) electrons. The second kappa shape index (κ2) is 7.18. The molecule has 2 rings (SSSR count). The first-order chi connectivity index (χ1) is 8.67. The fourth-order valence-electron chi connectivity index (χ4n) is 1.68. The Morgan fingerprint density at radius 1 is 1.37 bits per heavy atom. The van der Waals surface area contributed by atoms with Crippen LogP contribution >= 0.6 is 12.4 Å². The highest BCUT2D eigenvalue weighted by Gasteiger charge is 2.08. The van der Waals surface area contributed by atoms with Gasteiger partial charge < -0.3 is 10.3 Å². The summed E-state index contributed by atoms with van der Waals surface area (Å²) < 4.78 is 17.9. The third kappa shape index (κ3) is 4.59. The average molecular weight is 287 g/mol. The first-order valence-electron chi connectivity index (χ1n) is 5.62. The van der Waals surface area contributed by atoms with Crippen molar-refractivity contribution in [1.82, 2.24) is 15.0 Å². The van der Waals surface area contributed by atoms with Gasteiger partial charge in [0.2, 0.25) is 5.89 Å². The molecule has 0 bridgehead atoms. The van der Waals surface area contributed by atoms with Crippen LogP contribution < -0.4 is 5.73 Å². The molecule has 0 amide bonds. The predicted octanol–water partition coefficient (Wildman–Crippen LogP) is 1.72. The highest BCUT2D eigenvalue weighted by Crippen LogP contribution is 2.08. The maximum atomic E-state index is 13.0. The molecule has 0 aliphatic heterocycles. The summed E-state index contributed by atoms with van der Waals surface area (Å²) in [6, 6.07) is 6.51. The van der Waals surface area contributed by atoms with Gasteiger partial charge in [0.25, 0.3) is 0 Å². The molecule has 0 aliphatic rings. The van der Waals surface area contributed by atoms with Gasteiger partial charge in [-0.3, -0.25) is 4.90 Å². The fraction of sp³-hybridized carbons (Fsp3) is 0.333. The maximum Gasteiger partial charge on any atom is 0.240 e. The summed E-state index contributed by atoms with van der Waals surface area (Å²) in [4.78, 5) is 6.08. The van der Waals surface area contributed by atoms with E-state index in [0.717, 1.165) is 5.56 Å². The second-order valence-electron chi connectivity index (χ2n) is 4.11. The van der Waals surface area contributed by atoms with Gasteiger partial charge >= 0.3 is 0 Å². The predicted molar refractivity (Wildman–Crippen MR) is 71.0 cm³/mol. The Hall–Kier alpha value is -1.50. The number of rotatable bonds is 5. The van der Waals surface area contributed by atoms with E-state index in [9.17, 15) is 4.39 Å². The highest BCUT2D eigenvalue weighted by molar-refractivity contribution is 5.85. The van der Waals surface area contributed by atoms with Crippen molar-refractivity contribution in [3.63, 3.8) is 0 Å². The van der Waals surface area contributed by atoms with Gasteiger partial charge in [0.05, 0.1) is 13.1 Å². The number of nitrogens with zero attached hydrogens (tertiary/aromatic N) is 3. The van der Waals surface area contributed by atoms with Crippen LogP contribution in [0.4, 0.5) is 4.39 Å². The molecule has 19 heavy (non-hydrogen) atoms. The Labute approximate surface area is 117 Å². The Kier molecular flexibility index (Phi) is 5.88. The number of benzene rings is 1. The zero-order valence-corrected chi connectivity index (χ0v) is 11.4. The van der Waals surface area contributed by atoms with Crippen molar-refractivity contribution >= 4 is 12.4 Å². The van der Waals surface area contributed by atoms with Crippen LogP contribution in [0.1, 0.15) is 17.3 Å². The van der Waals surface area contributed by atoms with Crippen LogP contribution in [0.5, 0.6) is 0 Å². The maximum absolute atomic E-state index is 13.0. The van der Waals surface area contributed by atoms with E-state index in [1.807, 2.05) is 18.0 Å². The SMILES string of the molecule is CN(Cc1cccc(F)c1)Cc1noc(CN)n1.Cl. The van der Waals surface area contributed by atoms with Crippen LogP contribution in [-0.4, -0.2) is 22.1 Å². The summed E-state index contributed by atoms with van der Waals surface area (Å²) in [5, 5.41) is 3.80. The standard InChI is InChI=1S/C12H15FN4O.ClH/c1-17(7-9-3-2-4-10(13)5-9)8-11-15-12(6-14)18-16-11;/h2-5H,6-8,14H2,1H3;1H. The number of hydrogen-bond donors (Lipinski definition) is 1. The van der Waals surface area contributed by atoms with Crippen LogP contribution in [0.25, 0.3) is 0 Å². The van der Waals surface area contributed by atoms with E-state index in [-0.39, 0.29) is 24.8 Å². The van der Waals surface area contributed by atoms with Gasteiger partial charge in [0.1, 0.15) is 5.82 Å². The minimum Gasteiger partial charge on any atom is -0.338 e. The summed E-state index contributed by atoms with van der Waals surface area (Å²) in [5.41, 5.74) is 6.29. The van der Waals surface area contributed by atoms with E-state index in [1.165, 1.54) is 12.1 Å². The number of nitrogens with two attached hydrogens (primary N) is 1. The molecule has 0 saturated heterocycles. The molecule has 0 atom stereocenters. The van der Waals surface area contributed by atoms with Gasteiger partial charge in [0, 0.05) is 6.54 Å². The molecule has 104 valence electrons. The minimum absolute atomic E-state index is 0. The zero-order valence-electron chi connectivity index (χ0n) is 10.5. The average Bonchev–Trinajstić information content (AvgIpc) is 2.76. The molecule has 1 aromatic carbocycles. The zero-order chi connectivity index (χ0) is 13.0. The third-order valence-corrected chi connectivity index (χ3v) is 2.44. The molecule has 1 aromatic heterocycles. The first-order valence-corrected chi connectivity index (χ1v) is 5.62. The second-order valence-corrected chi connectivity index (χ2v) is 4.11. The van der Waals surface area contributed by atoms with Crippen molar-refractivity contribution in [2.24, 2.45) is 5.73 Å². The van der Waals surface area contributed by atoms with Crippen LogP contribution in [0.3, 0.4) is 0 Å². The van der Waals surface area contributed by atoms with E-state index >= 15 is 0 Å². The molecule has 0 spiro atoms. The monoisotopic (exact) mass is 286 g/mol. The fourth-order valence-corrected chi connectivity index (χ4v) is 1.68. The quantitative estimate of drug-likeness (QED) is 0.906. The van der Waals surface area contributed by atoms with Crippen LogP contribution in [0, 0.1) is 5.82 Å². The number of hydrogen-bond acceptors (Lipinski definition) is 5. The molecule has 2 N–H and O–H groups in total. The van der Waals surface area contributed by atoms with Crippen LogP contribution in [-0.2, 0) is 19.6 Å². The van der Waals surface area contributed by atoms with Gasteiger partial charge in [-0.1, -0.05) is 17.3 Å². The van der Waals surface area contributed by atoms with E-state index in [4.69, 9.17) is 10.3 Å². The van der Waals surface area contributed by atoms with Crippen molar-refractivity contribution in [3.8, 4) is 0 Å². The van der Waals surface area contributed by atoms with E-state index < -0.39 is 0 Å². The smallest absolute Gasteiger partial charge is 0.240 e. The molecule has 5 nitrogen and oxygen atoms in total. The van der Waals surface area contributed by atoms with Gasteiger partial charge in [-0.2, -0.15) is 4.98 Å².